The maximum Gasteiger partial charge on any atom is 0.339 e. The van der Waals surface area contributed by atoms with Crippen LogP contribution in [-0.4, -0.2) is 35.6 Å². The second-order valence-corrected chi connectivity index (χ2v) is 6.87. The van der Waals surface area contributed by atoms with E-state index < -0.39 is 22.9 Å². The summed E-state index contributed by atoms with van der Waals surface area (Å²) in [5.41, 5.74) is 0.604. The summed E-state index contributed by atoms with van der Waals surface area (Å²) in [6.45, 7) is 3.68. The first-order valence-corrected chi connectivity index (χ1v) is 9.67. The van der Waals surface area contributed by atoms with Crippen LogP contribution in [0.2, 0.25) is 0 Å². The highest BCUT2D eigenvalue weighted by Crippen LogP contribution is 2.32. The fourth-order valence-corrected chi connectivity index (χ4v) is 2.75. The number of nitrogens with one attached hydrogen (secondary N) is 2. The number of carbonyl (C=O) groups excluding carboxylic acids is 2. The van der Waals surface area contributed by atoms with Crippen molar-refractivity contribution in [3.8, 4) is 5.75 Å². The monoisotopic (exact) mass is 413 g/mol. The molecule has 0 aliphatic heterocycles. The molecule has 0 spiro atoms. The lowest BCUT2D eigenvalue weighted by Crippen LogP contribution is -2.30. The maximum atomic E-state index is 12.4. The van der Waals surface area contributed by atoms with Crippen LogP contribution in [0.4, 0.5) is 17.1 Å². The smallest absolute Gasteiger partial charge is 0.339 e. The number of amides is 1. The van der Waals surface area contributed by atoms with E-state index in [1.165, 1.54) is 19.1 Å². The van der Waals surface area contributed by atoms with Crippen molar-refractivity contribution in [1.82, 2.24) is 0 Å². The van der Waals surface area contributed by atoms with Crippen molar-refractivity contribution in [2.24, 2.45) is 0 Å². The Hall–Kier alpha value is -3.62. The third kappa shape index (κ3) is 5.25. The summed E-state index contributed by atoms with van der Waals surface area (Å²) < 4.78 is 10.7. The van der Waals surface area contributed by atoms with E-state index in [1.807, 2.05) is 6.92 Å². The fourth-order valence-electron chi connectivity index (χ4n) is 2.75. The van der Waals surface area contributed by atoms with E-state index in [0.29, 0.717) is 23.7 Å². The molecule has 1 saturated carbocycles. The number of nitrogens with zero attached hydrogens (tertiary/aromatic N) is 1. The van der Waals surface area contributed by atoms with Crippen molar-refractivity contribution in [1.29, 1.82) is 0 Å². The van der Waals surface area contributed by atoms with E-state index in [1.54, 1.807) is 24.3 Å². The van der Waals surface area contributed by atoms with Gasteiger partial charge >= 0.3 is 5.97 Å². The molecule has 9 heteroatoms. The van der Waals surface area contributed by atoms with Crippen LogP contribution in [0.1, 0.15) is 37.0 Å². The number of carbonyl (C=O) groups is 2. The van der Waals surface area contributed by atoms with Gasteiger partial charge < -0.3 is 20.1 Å². The number of hydrogen-bond acceptors (Lipinski definition) is 7. The predicted molar refractivity (Wildman–Crippen MR) is 111 cm³/mol. The molecule has 158 valence electrons. The van der Waals surface area contributed by atoms with E-state index in [0.717, 1.165) is 18.9 Å². The zero-order valence-electron chi connectivity index (χ0n) is 16.7. The molecule has 0 aromatic heterocycles. The number of nitro benzene ring substituents is 1. The summed E-state index contributed by atoms with van der Waals surface area (Å²) in [6.07, 6.45) is 0.801. The van der Waals surface area contributed by atoms with Gasteiger partial charge in [-0.05, 0) is 51.0 Å². The molecule has 3 rings (SSSR count). The van der Waals surface area contributed by atoms with E-state index >= 15 is 0 Å². The quantitative estimate of drug-likeness (QED) is 0.365. The summed E-state index contributed by atoms with van der Waals surface area (Å²) in [5.74, 6) is -0.866. The van der Waals surface area contributed by atoms with Crippen molar-refractivity contribution >= 4 is 28.9 Å². The molecule has 1 aliphatic carbocycles. The van der Waals surface area contributed by atoms with Gasteiger partial charge in [0.1, 0.15) is 11.4 Å². The van der Waals surface area contributed by atoms with Crippen LogP contribution in [0, 0.1) is 10.1 Å². The highest BCUT2D eigenvalue weighted by Gasteiger charge is 2.27. The molecular weight excluding hydrogens is 390 g/mol. The number of ether oxygens (including phenoxy) is 2. The van der Waals surface area contributed by atoms with Crippen LogP contribution in [0.15, 0.2) is 42.5 Å². The Morgan fingerprint density at radius 1 is 1.20 bits per heavy atom. The van der Waals surface area contributed by atoms with Crippen LogP contribution in [0.5, 0.6) is 5.75 Å². The fraction of sp³-hybridized carbons (Fsp3) is 0.333. The molecule has 1 aliphatic rings. The first-order chi connectivity index (χ1) is 14.4. The third-order valence-corrected chi connectivity index (χ3v) is 4.46. The molecule has 1 atom stereocenters. The van der Waals surface area contributed by atoms with Gasteiger partial charge in [0, 0.05) is 12.1 Å². The van der Waals surface area contributed by atoms with Crippen molar-refractivity contribution in [2.75, 3.05) is 17.2 Å². The molecule has 0 radical (unpaired) electrons. The van der Waals surface area contributed by atoms with Gasteiger partial charge in [-0.25, -0.2) is 4.79 Å². The topological polar surface area (TPSA) is 120 Å². The summed E-state index contributed by atoms with van der Waals surface area (Å²) in [5, 5.41) is 17.1. The minimum Gasteiger partial charge on any atom is -0.492 e. The van der Waals surface area contributed by atoms with Gasteiger partial charge in [-0.3, -0.25) is 14.9 Å². The molecule has 30 heavy (non-hydrogen) atoms. The first-order valence-electron chi connectivity index (χ1n) is 9.67. The number of anilines is 2. The molecule has 0 saturated heterocycles. The first kappa shape index (κ1) is 21.1. The summed E-state index contributed by atoms with van der Waals surface area (Å²) in [7, 11) is 0. The second-order valence-electron chi connectivity index (χ2n) is 6.87. The number of nitro groups is 1. The number of para-hydroxylation sites is 2. The van der Waals surface area contributed by atoms with E-state index in [-0.39, 0.29) is 17.3 Å². The summed E-state index contributed by atoms with van der Waals surface area (Å²) >= 11 is 0. The Kier molecular flexibility index (Phi) is 6.51. The van der Waals surface area contributed by atoms with Gasteiger partial charge in [0.25, 0.3) is 11.6 Å². The highest BCUT2D eigenvalue weighted by atomic mass is 16.6. The van der Waals surface area contributed by atoms with E-state index in [2.05, 4.69) is 10.6 Å². The molecular formula is C21H23N3O6. The van der Waals surface area contributed by atoms with Crippen molar-refractivity contribution in [3.63, 3.8) is 0 Å². The van der Waals surface area contributed by atoms with Crippen LogP contribution >= 0.6 is 0 Å². The zero-order valence-corrected chi connectivity index (χ0v) is 16.7. The molecule has 2 aromatic rings. The Morgan fingerprint density at radius 3 is 2.60 bits per heavy atom. The Bertz CT molecular complexity index is 958. The average Bonchev–Trinajstić information content (AvgIpc) is 3.53. The van der Waals surface area contributed by atoms with Crippen LogP contribution < -0.4 is 15.4 Å². The SMILES string of the molecule is CCOc1ccccc1NC(=O)[C@H](C)OC(=O)c1ccc(NC2CC2)c([N+](=O)[O-])c1. The van der Waals surface area contributed by atoms with Crippen LogP contribution in [-0.2, 0) is 9.53 Å². The number of benzene rings is 2. The third-order valence-electron chi connectivity index (χ3n) is 4.46. The van der Waals surface area contributed by atoms with Gasteiger partial charge in [0.2, 0.25) is 0 Å². The molecule has 0 unspecified atom stereocenters. The normalized spacial score (nSPS) is 13.8. The lowest BCUT2D eigenvalue weighted by molar-refractivity contribution is -0.384. The lowest BCUT2D eigenvalue weighted by Gasteiger charge is -2.16. The van der Waals surface area contributed by atoms with Crippen LogP contribution in [0.25, 0.3) is 0 Å². The lowest BCUT2D eigenvalue weighted by atomic mass is 10.1. The van der Waals surface area contributed by atoms with Crippen LogP contribution in [0.3, 0.4) is 0 Å². The van der Waals surface area contributed by atoms with Crippen molar-refractivity contribution in [2.45, 2.75) is 38.8 Å². The van der Waals surface area contributed by atoms with Gasteiger partial charge in [0.15, 0.2) is 6.10 Å². The van der Waals surface area contributed by atoms with Gasteiger partial charge in [0.05, 0.1) is 22.8 Å². The van der Waals surface area contributed by atoms with E-state index in [9.17, 15) is 19.7 Å². The summed E-state index contributed by atoms with van der Waals surface area (Å²) in [6, 6.07) is 11.2. The van der Waals surface area contributed by atoms with E-state index in [4.69, 9.17) is 9.47 Å². The minimum atomic E-state index is -1.12. The van der Waals surface area contributed by atoms with Crippen molar-refractivity contribution in [3.05, 3.63) is 58.1 Å². The minimum absolute atomic E-state index is 0.00240. The molecule has 0 heterocycles. The standard InChI is InChI=1S/C21H23N3O6/c1-3-29-19-7-5-4-6-17(19)23-20(25)13(2)30-21(26)14-8-11-16(22-15-9-10-15)18(12-14)24(27)28/h4-8,11-13,15,22H,3,9-10H2,1-2H3,(H,23,25)/t13-/m0/s1. The Labute approximate surface area is 173 Å². The van der Waals surface area contributed by atoms with Gasteiger partial charge in [-0.1, -0.05) is 12.1 Å². The second kappa shape index (κ2) is 9.25. The molecule has 0 bridgehead atoms. The van der Waals surface area contributed by atoms with Crippen molar-refractivity contribution < 1.29 is 24.0 Å². The Balaban J connectivity index is 1.67. The number of esters is 1. The number of hydrogen-bond donors (Lipinski definition) is 2. The summed E-state index contributed by atoms with van der Waals surface area (Å²) in [4.78, 5) is 35.7. The average molecular weight is 413 g/mol. The maximum absolute atomic E-state index is 12.4. The largest absolute Gasteiger partial charge is 0.492 e. The van der Waals surface area contributed by atoms with Gasteiger partial charge in [-0.2, -0.15) is 0 Å². The number of rotatable bonds is 9. The molecule has 9 nitrogen and oxygen atoms in total. The van der Waals surface area contributed by atoms with Gasteiger partial charge in [-0.15, -0.1) is 0 Å². The predicted octanol–water partition coefficient (Wildman–Crippen LogP) is 3.75. The zero-order chi connectivity index (χ0) is 21.7. The molecule has 1 amide bonds. The molecule has 2 aromatic carbocycles. The molecule has 1 fully saturated rings. The molecule has 2 N–H and O–H groups in total. The Morgan fingerprint density at radius 2 is 1.93 bits per heavy atom. The highest BCUT2D eigenvalue weighted by molar-refractivity contribution is 5.98.